The van der Waals surface area contributed by atoms with Crippen LogP contribution in [0.15, 0.2) is 27.7 Å². The maximum Gasteiger partial charge on any atom is 0.476 e. The van der Waals surface area contributed by atoms with Crippen molar-refractivity contribution in [2.24, 2.45) is 16.5 Å². The number of aliphatic imine (C=N–C) groups is 1. The summed E-state index contributed by atoms with van der Waals surface area (Å²) in [6.07, 6.45) is -6.00. The average Bonchev–Trinajstić information content (AvgIpc) is 2.66. The second kappa shape index (κ2) is 8.33. The van der Waals surface area contributed by atoms with E-state index in [4.69, 9.17) is 33.6 Å². The number of halogens is 7. The second-order valence-corrected chi connectivity index (χ2v) is 7.91. The molecular formula is C16H9ClF6N6O2S. The van der Waals surface area contributed by atoms with Crippen molar-refractivity contribution in [3.63, 3.8) is 0 Å². The highest BCUT2D eigenvalue weighted by molar-refractivity contribution is 7.91. The van der Waals surface area contributed by atoms with Gasteiger partial charge in [0.1, 0.15) is 22.5 Å². The van der Waals surface area contributed by atoms with Crippen molar-refractivity contribution in [3.05, 3.63) is 38.9 Å². The number of carbonyl (C=O) groups excluding carboxylic acids is 1. The van der Waals surface area contributed by atoms with Gasteiger partial charge in [0.05, 0.1) is 28.8 Å². The number of benzene rings is 1. The molecule has 2 atom stereocenters. The van der Waals surface area contributed by atoms with Crippen molar-refractivity contribution in [3.8, 4) is 12.1 Å². The summed E-state index contributed by atoms with van der Waals surface area (Å²) in [6.45, 7) is 0. The van der Waals surface area contributed by atoms with Gasteiger partial charge in [-0.1, -0.05) is 11.6 Å². The fraction of sp³-hybridized carbons (Fsp3) is 0.250. The van der Waals surface area contributed by atoms with Crippen LogP contribution in [0.3, 0.4) is 0 Å². The maximum absolute atomic E-state index is 13.2. The molecule has 2 rings (SSSR count). The number of nitrogens with two attached hydrogens (primary N) is 2. The minimum Gasteiger partial charge on any atom is -0.389 e. The summed E-state index contributed by atoms with van der Waals surface area (Å²) >= 11 is 5.88. The third kappa shape index (κ3) is 4.35. The van der Waals surface area contributed by atoms with Crippen LogP contribution in [0.5, 0.6) is 0 Å². The van der Waals surface area contributed by atoms with Crippen molar-refractivity contribution >= 4 is 39.8 Å². The van der Waals surface area contributed by atoms with Crippen molar-refractivity contribution in [1.29, 1.82) is 10.5 Å². The number of hydrogen-bond donors (Lipinski definition) is 3. The van der Waals surface area contributed by atoms with E-state index in [1.807, 2.05) is 0 Å². The quantitative estimate of drug-likeness (QED) is 0.427. The van der Waals surface area contributed by atoms with Crippen LogP contribution in [0.25, 0.3) is 0 Å². The van der Waals surface area contributed by atoms with Gasteiger partial charge >= 0.3 is 11.7 Å². The number of fused-ring (bicyclic) bond motifs is 1. The molecule has 0 spiro atoms. The van der Waals surface area contributed by atoms with Crippen molar-refractivity contribution < 1.29 is 35.3 Å². The summed E-state index contributed by atoms with van der Waals surface area (Å²) in [7, 11) is -3.97. The Bertz CT molecular complexity index is 1160. The summed E-state index contributed by atoms with van der Waals surface area (Å²) in [5.74, 6) is -2.61. The largest absolute Gasteiger partial charge is 0.476 e. The first kappa shape index (κ1) is 25.0. The molecule has 32 heavy (non-hydrogen) atoms. The molecule has 170 valence electrons. The molecule has 0 radical (unpaired) electrons. The molecule has 8 nitrogen and oxygen atoms in total. The number of alkyl halides is 6. The molecule has 2 unspecified atom stereocenters. The van der Waals surface area contributed by atoms with Crippen LogP contribution in [-0.4, -0.2) is 21.5 Å². The van der Waals surface area contributed by atoms with Crippen LogP contribution in [-0.2, 0) is 27.3 Å². The van der Waals surface area contributed by atoms with E-state index in [0.717, 1.165) is 6.07 Å². The fourth-order valence-corrected chi connectivity index (χ4v) is 3.75. The van der Waals surface area contributed by atoms with Crippen LogP contribution in [0.1, 0.15) is 17.5 Å². The summed E-state index contributed by atoms with van der Waals surface area (Å²) in [5, 5.41) is 19.5. The third-order valence-corrected chi connectivity index (χ3v) is 5.63. The number of nitrogens with zero attached hydrogens (tertiary/aromatic N) is 3. The number of carbonyl (C=O) groups is 1. The molecule has 1 aromatic carbocycles. The SMILES string of the molecule is N#CCC1(C(N)=O)N=C(C(=C(N)C#N)S(=O)C(F)(F)F)Nc2c(Cl)cc(C(F)(F)F)cc21. The maximum atomic E-state index is 13.2. The summed E-state index contributed by atoms with van der Waals surface area (Å²) < 4.78 is 91.1. The Labute approximate surface area is 182 Å². The van der Waals surface area contributed by atoms with Gasteiger partial charge in [0.15, 0.2) is 16.3 Å². The highest BCUT2D eigenvalue weighted by Gasteiger charge is 2.49. The zero-order valence-electron chi connectivity index (χ0n) is 15.2. The van der Waals surface area contributed by atoms with Crippen LogP contribution in [0, 0.1) is 22.7 Å². The zero-order chi connectivity index (χ0) is 24.6. The van der Waals surface area contributed by atoms with E-state index >= 15 is 0 Å². The van der Waals surface area contributed by atoms with Crippen LogP contribution in [0.4, 0.5) is 32.0 Å². The lowest BCUT2D eigenvalue weighted by Gasteiger charge is -2.34. The topological polar surface area (TPSA) is 158 Å². The van der Waals surface area contributed by atoms with E-state index in [-0.39, 0.29) is 0 Å². The Morgan fingerprint density at radius 3 is 2.25 bits per heavy atom. The molecule has 0 aliphatic carbocycles. The standard InChI is InChI=1S/C16H9ClF6N6O2S/c17-8-4-6(15(18,19)20)3-7-10(8)28-12(29-14(7,1-2-24)13(27)30)11(9(26)5-25)32(31)16(21,22)23/h3-4H,1,26H2,(H2,27,30)(H,28,29). The van der Waals surface area contributed by atoms with Gasteiger partial charge in [0, 0.05) is 5.56 Å². The lowest BCUT2D eigenvalue weighted by molar-refractivity contribution is -0.137. The average molecular weight is 499 g/mol. The van der Waals surface area contributed by atoms with E-state index in [9.17, 15) is 35.3 Å². The molecular weight excluding hydrogens is 490 g/mol. The normalized spacial score (nSPS) is 20.0. The molecule has 0 aromatic heterocycles. The summed E-state index contributed by atoms with van der Waals surface area (Å²) in [4.78, 5) is 14.5. The lowest BCUT2D eigenvalue weighted by Crippen LogP contribution is -2.45. The zero-order valence-corrected chi connectivity index (χ0v) is 16.8. The third-order valence-electron chi connectivity index (χ3n) is 4.13. The number of amidine groups is 1. The monoisotopic (exact) mass is 498 g/mol. The highest BCUT2D eigenvalue weighted by atomic mass is 35.5. The molecule has 0 saturated heterocycles. The highest BCUT2D eigenvalue weighted by Crippen LogP contribution is 2.46. The van der Waals surface area contributed by atoms with E-state index in [0.29, 0.717) is 12.1 Å². The van der Waals surface area contributed by atoms with Gasteiger partial charge in [0.25, 0.3) is 5.91 Å². The van der Waals surface area contributed by atoms with Crippen molar-refractivity contribution in [1.82, 2.24) is 0 Å². The molecule has 1 heterocycles. The Kier molecular flexibility index (Phi) is 6.50. The minimum atomic E-state index is -5.45. The van der Waals surface area contributed by atoms with Gasteiger partial charge in [-0.05, 0) is 12.1 Å². The van der Waals surface area contributed by atoms with Gasteiger partial charge in [-0.25, -0.2) is 9.20 Å². The van der Waals surface area contributed by atoms with E-state index in [1.54, 1.807) is 0 Å². The van der Waals surface area contributed by atoms with E-state index in [2.05, 4.69) is 10.3 Å². The second-order valence-electron chi connectivity index (χ2n) is 6.09. The lowest BCUT2D eigenvalue weighted by atomic mass is 9.83. The Balaban J connectivity index is 2.97. The molecule has 0 fully saturated rings. The summed E-state index contributed by atoms with van der Waals surface area (Å²) in [5.41, 5.74) is -1.40. The molecule has 0 bridgehead atoms. The predicted molar refractivity (Wildman–Crippen MR) is 99.6 cm³/mol. The smallest absolute Gasteiger partial charge is 0.389 e. The predicted octanol–water partition coefficient (Wildman–Crippen LogP) is 2.74. The number of nitrogens with one attached hydrogen (secondary N) is 1. The van der Waals surface area contributed by atoms with Gasteiger partial charge in [-0.2, -0.15) is 36.9 Å². The Morgan fingerprint density at radius 1 is 1.22 bits per heavy atom. The van der Waals surface area contributed by atoms with Crippen LogP contribution in [0.2, 0.25) is 5.02 Å². The van der Waals surface area contributed by atoms with Crippen LogP contribution >= 0.6 is 11.6 Å². The molecule has 5 N–H and O–H groups in total. The first-order chi connectivity index (χ1) is 14.6. The Hall–Kier alpha value is -3.30. The molecule has 1 amide bonds. The number of allylic oxidation sites excluding steroid dienone is 1. The molecule has 0 saturated carbocycles. The molecule has 1 aliphatic rings. The number of nitriles is 2. The van der Waals surface area contributed by atoms with Crippen molar-refractivity contribution in [2.45, 2.75) is 23.6 Å². The van der Waals surface area contributed by atoms with Gasteiger partial charge in [-0.3, -0.25) is 4.79 Å². The molecule has 16 heteroatoms. The fourth-order valence-electron chi connectivity index (χ4n) is 2.73. The van der Waals surface area contributed by atoms with E-state index < -0.39 is 78.6 Å². The van der Waals surface area contributed by atoms with E-state index in [1.165, 1.54) is 6.07 Å². The number of amides is 1. The van der Waals surface area contributed by atoms with Crippen LogP contribution < -0.4 is 16.8 Å². The molecule has 1 aromatic rings. The first-order valence-electron chi connectivity index (χ1n) is 7.94. The number of anilines is 1. The van der Waals surface area contributed by atoms with Gasteiger partial charge < -0.3 is 16.8 Å². The first-order valence-corrected chi connectivity index (χ1v) is 9.46. The van der Waals surface area contributed by atoms with Gasteiger partial charge in [-0.15, -0.1) is 0 Å². The summed E-state index contributed by atoms with van der Waals surface area (Å²) in [6, 6.07) is 3.41. The van der Waals surface area contributed by atoms with Crippen molar-refractivity contribution in [2.75, 3.05) is 5.32 Å². The van der Waals surface area contributed by atoms with Gasteiger partial charge in [0.2, 0.25) is 0 Å². The Morgan fingerprint density at radius 2 is 1.81 bits per heavy atom. The minimum absolute atomic E-state index is 0.395. The number of rotatable bonds is 4. The number of hydrogen-bond acceptors (Lipinski definition) is 7. The number of primary amides is 1. The molecule has 1 aliphatic heterocycles.